The van der Waals surface area contributed by atoms with Crippen LogP contribution in [0.5, 0.6) is 0 Å². The molecule has 1 aromatic carbocycles. The first kappa shape index (κ1) is 12.2. The van der Waals surface area contributed by atoms with Crippen LogP contribution in [0.1, 0.15) is 16.7 Å². The first-order valence-electron chi connectivity index (χ1n) is 5.69. The minimum Gasteiger partial charge on any atom is -0.375 e. The zero-order valence-corrected chi connectivity index (χ0v) is 10.4. The summed E-state index contributed by atoms with van der Waals surface area (Å²) in [6, 6.07) is 5.36. The van der Waals surface area contributed by atoms with Gasteiger partial charge in [-0.3, -0.25) is 10.1 Å². The molecule has 1 heterocycles. The van der Waals surface area contributed by atoms with E-state index in [0.29, 0.717) is 12.2 Å². The standard InChI is InChI=1S/C13H15N3O2/c1-9-5-12(13(16(17)18)6-10(9)2)15-8-11-3-4-14-7-11/h3-7,14-15H,8H2,1-2H3. The number of nitro groups is 1. The lowest BCUT2D eigenvalue weighted by Gasteiger charge is -2.09. The van der Waals surface area contributed by atoms with E-state index < -0.39 is 0 Å². The quantitative estimate of drug-likeness (QED) is 0.642. The Labute approximate surface area is 105 Å². The van der Waals surface area contributed by atoms with Crippen LogP contribution < -0.4 is 5.32 Å². The van der Waals surface area contributed by atoms with Crippen molar-refractivity contribution in [2.24, 2.45) is 0 Å². The number of aromatic amines is 1. The van der Waals surface area contributed by atoms with E-state index in [0.717, 1.165) is 16.7 Å². The summed E-state index contributed by atoms with van der Waals surface area (Å²) in [5, 5.41) is 14.1. The topological polar surface area (TPSA) is 71.0 Å². The zero-order valence-electron chi connectivity index (χ0n) is 10.4. The van der Waals surface area contributed by atoms with Gasteiger partial charge in [0.05, 0.1) is 4.92 Å². The highest BCUT2D eigenvalue weighted by Crippen LogP contribution is 2.28. The fourth-order valence-corrected chi connectivity index (χ4v) is 1.76. The number of benzene rings is 1. The molecule has 0 atom stereocenters. The molecule has 5 heteroatoms. The summed E-state index contributed by atoms with van der Waals surface area (Å²) in [6.45, 7) is 4.38. The SMILES string of the molecule is Cc1cc(NCc2cc[nH]c2)c([N+](=O)[O-])cc1C. The number of nitrogens with zero attached hydrogens (tertiary/aromatic N) is 1. The summed E-state index contributed by atoms with van der Waals surface area (Å²) in [5.41, 5.74) is 3.70. The summed E-state index contributed by atoms with van der Waals surface area (Å²) < 4.78 is 0. The molecule has 0 radical (unpaired) electrons. The maximum Gasteiger partial charge on any atom is 0.292 e. The number of aromatic nitrogens is 1. The fraction of sp³-hybridized carbons (Fsp3) is 0.231. The fourth-order valence-electron chi connectivity index (χ4n) is 1.76. The number of anilines is 1. The summed E-state index contributed by atoms with van der Waals surface area (Å²) in [5.74, 6) is 0. The van der Waals surface area contributed by atoms with E-state index in [4.69, 9.17) is 0 Å². The Morgan fingerprint density at radius 1 is 1.33 bits per heavy atom. The van der Waals surface area contributed by atoms with Gasteiger partial charge < -0.3 is 10.3 Å². The molecule has 0 fully saturated rings. The Hall–Kier alpha value is -2.30. The van der Waals surface area contributed by atoms with Crippen LogP contribution in [0.15, 0.2) is 30.6 Å². The number of nitrogens with one attached hydrogen (secondary N) is 2. The Balaban J connectivity index is 2.25. The van der Waals surface area contributed by atoms with Gasteiger partial charge in [0.1, 0.15) is 5.69 Å². The molecule has 2 aromatic rings. The molecular weight excluding hydrogens is 230 g/mol. The van der Waals surface area contributed by atoms with Crippen molar-refractivity contribution >= 4 is 11.4 Å². The smallest absolute Gasteiger partial charge is 0.292 e. The predicted molar refractivity (Wildman–Crippen MR) is 70.7 cm³/mol. The summed E-state index contributed by atoms with van der Waals surface area (Å²) in [6.07, 6.45) is 3.69. The molecular formula is C13H15N3O2. The van der Waals surface area contributed by atoms with E-state index in [1.165, 1.54) is 0 Å². The van der Waals surface area contributed by atoms with E-state index in [2.05, 4.69) is 10.3 Å². The van der Waals surface area contributed by atoms with Crippen LogP contribution >= 0.6 is 0 Å². The van der Waals surface area contributed by atoms with Crippen molar-refractivity contribution in [1.82, 2.24) is 4.98 Å². The number of hydrogen-bond donors (Lipinski definition) is 2. The first-order valence-corrected chi connectivity index (χ1v) is 5.69. The van der Waals surface area contributed by atoms with Crippen LogP contribution in [0.4, 0.5) is 11.4 Å². The van der Waals surface area contributed by atoms with E-state index in [1.54, 1.807) is 6.07 Å². The number of rotatable bonds is 4. The number of H-pyrrole nitrogens is 1. The highest BCUT2D eigenvalue weighted by atomic mass is 16.6. The maximum absolute atomic E-state index is 11.0. The Bertz CT molecular complexity index is 562. The lowest BCUT2D eigenvalue weighted by molar-refractivity contribution is -0.384. The second-order valence-electron chi connectivity index (χ2n) is 4.28. The average molecular weight is 245 g/mol. The predicted octanol–water partition coefficient (Wildman–Crippen LogP) is 3.15. The van der Waals surface area contributed by atoms with Crippen LogP contribution in [-0.2, 0) is 6.54 Å². The van der Waals surface area contributed by atoms with Crippen LogP contribution in [0.25, 0.3) is 0 Å². The second-order valence-corrected chi connectivity index (χ2v) is 4.28. The highest BCUT2D eigenvalue weighted by molar-refractivity contribution is 5.64. The van der Waals surface area contributed by atoms with E-state index in [-0.39, 0.29) is 10.6 Å². The number of nitro benzene ring substituents is 1. The van der Waals surface area contributed by atoms with Gasteiger partial charge >= 0.3 is 0 Å². The van der Waals surface area contributed by atoms with Crippen LogP contribution in [0.2, 0.25) is 0 Å². The summed E-state index contributed by atoms with van der Waals surface area (Å²) in [7, 11) is 0. The molecule has 0 unspecified atom stereocenters. The summed E-state index contributed by atoms with van der Waals surface area (Å²) in [4.78, 5) is 13.6. The monoisotopic (exact) mass is 245 g/mol. The maximum atomic E-state index is 11.0. The van der Waals surface area contributed by atoms with Gasteiger partial charge in [0.2, 0.25) is 0 Å². The van der Waals surface area contributed by atoms with Crippen molar-refractivity contribution in [2.45, 2.75) is 20.4 Å². The molecule has 0 saturated carbocycles. The summed E-state index contributed by atoms with van der Waals surface area (Å²) >= 11 is 0. The van der Waals surface area contributed by atoms with Crippen LogP contribution in [0.3, 0.4) is 0 Å². The Morgan fingerprint density at radius 2 is 2.06 bits per heavy atom. The normalized spacial score (nSPS) is 10.3. The number of hydrogen-bond acceptors (Lipinski definition) is 3. The van der Waals surface area contributed by atoms with E-state index in [1.807, 2.05) is 38.4 Å². The molecule has 0 spiro atoms. The van der Waals surface area contributed by atoms with E-state index >= 15 is 0 Å². The van der Waals surface area contributed by atoms with Crippen molar-refractivity contribution < 1.29 is 4.92 Å². The Kier molecular flexibility index (Phi) is 3.32. The molecule has 2 N–H and O–H groups in total. The minimum atomic E-state index is -0.355. The zero-order chi connectivity index (χ0) is 13.1. The number of aryl methyl sites for hydroxylation is 2. The van der Waals surface area contributed by atoms with Crippen LogP contribution in [-0.4, -0.2) is 9.91 Å². The van der Waals surface area contributed by atoms with Gasteiger partial charge in [-0.2, -0.15) is 0 Å². The Morgan fingerprint density at radius 3 is 2.67 bits per heavy atom. The lowest BCUT2D eigenvalue weighted by atomic mass is 10.1. The minimum absolute atomic E-state index is 0.119. The average Bonchev–Trinajstić information content (AvgIpc) is 2.83. The van der Waals surface area contributed by atoms with Crippen molar-refractivity contribution in [3.8, 4) is 0 Å². The van der Waals surface area contributed by atoms with Crippen LogP contribution in [0, 0.1) is 24.0 Å². The molecule has 0 aliphatic rings. The van der Waals surface area contributed by atoms with Crippen molar-refractivity contribution in [2.75, 3.05) is 5.32 Å². The largest absolute Gasteiger partial charge is 0.375 e. The molecule has 2 rings (SSSR count). The molecule has 94 valence electrons. The third kappa shape index (κ3) is 2.51. The molecule has 0 aliphatic heterocycles. The third-order valence-electron chi connectivity index (χ3n) is 2.95. The molecule has 0 saturated heterocycles. The molecule has 0 bridgehead atoms. The molecule has 18 heavy (non-hydrogen) atoms. The highest BCUT2D eigenvalue weighted by Gasteiger charge is 2.15. The third-order valence-corrected chi connectivity index (χ3v) is 2.95. The van der Waals surface area contributed by atoms with Crippen molar-refractivity contribution in [3.63, 3.8) is 0 Å². The van der Waals surface area contributed by atoms with Crippen molar-refractivity contribution in [1.29, 1.82) is 0 Å². The first-order chi connectivity index (χ1) is 8.58. The molecule has 5 nitrogen and oxygen atoms in total. The second kappa shape index (κ2) is 4.91. The lowest BCUT2D eigenvalue weighted by Crippen LogP contribution is -2.03. The van der Waals surface area contributed by atoms with Gasteiger partial charge in [-0.15, -0.1) is 0 Å². The van der Waals surface area contributed by atoms with Gasteiger partial charge in [0.15, 0.2) is 0 Å². The van der Waals surface area contributed by atoms with Gasteiger partial charge in [-0.1, -0.05) is 0 Å². The van der Waals surface area contributed by atoms with Crippen molar-refractivity contribution in [3.05, 3.63) is 57.4 Å². The van der Waals surface area contributed by atoms with E-state index in [9.17, 15) is 10.1 Å². The van der Waals surface area contributed by atoms with Gasteiger partial charge in [-0.25, -0.2) is 0 Å². The molecule has 1 aromatic heterocycles. The van der Waals surface area contributed by atoms with Gasteiger partial charge in [-0.05, 0) is 42.7 Å². The van der Waals surface area contributed by atoms with Gasteiger partial charge in [0, 0.05) is 25.0 Å². The molecule has 0 amide bonds. The molecule has 0 aliphatic carbocycles. The van der Waals surface area contributed by atoms with Gasteiger partial charge in [0.25, 0.3) is 5.69 Å².